The molecule has 0 rings (SSSR count). The minimum absolute atomic E-state index is 0.373. The smallest absolute Gasteiger partial charge is 0.211 e. The van der Waals surface area contributed by atoms with Gasteiger partial charge in [-0.3, -0.25) is 0 Å². The van der Waals surface area contributed by atoms with Gasteiger partial charge in [-0.25, -0.2) is 12.7 Å². The topological polar surface area (TPSA) is 109 Å². The van der Waals surface area contributed by atoms with E-state index in [9.17, 15) is 13.7 Å². The van der Waals surface area contributed by atoms with Crippen molar-refractivity contribution in [3.05, 3.63) is 0 Å². The highest BCUT2D eigenvalue weighted by molar-refractivity contribution is 7.90. The molecule has 1 atom stereocenters. The summed E-state index contributed by atoms with van der Waals surface area (Å²) < 4.78 is 27.3. The first-order valence-electron chi connectivity index (χ1n) is 10.7. The van der Waals surface area contributed by atoms with Crippen LogP contribution in [0.3, 0.4) is 0 Å². The SMILES string of the molecule is CCCC(C#N)S(=O)(=O)N(CCCCCCCC#N)CCCCCCCC#N. The highest BCUT2D eigenvalue weighted by Crippen LogP contribution is 2.17. The highest BCUT2D eigenvalue weighted by Gasteiger charge is 2.30. The molecule has 0 spiro atoms. The molecular formula is C21H36N4O2S. The summed E-state index contributed by atoms with van der Waals surface area (Å²) in [5.74, 6) is 0. The van der Waals surface area contributed by atoms with Crippen molar-refractivity contribution in [1.29, 1.82) is 15.8 Å². The van der Waals surface area contributed by atoms with Gasteiger partial charge in [0, 0.05) is 25.9 Å². The fourth-order valence-corrected chi connectivity index (χ4v) is 4.93. The summed E-state index contributed by atoms with van der Waals surface area (Å²) in [4.78, 5) is 0. The highest BCUT2D eigenvalue weighted by atomic mass is 32.2. The lowest BCUT2D eigenvalue weighted by molar-refractivity contribution is 0.380. The molecule has 0 fully saturated rings. The third-order valence-corrected chi connectivity index (χ3v) is 6.95. The number of hydrogen-bond acceptors (Lipinski definition) is 5. The van der Waals surface area contributed by atoms with Crippen LogP contribution in [0.15, 0.2) is 0 Å². The number of hydrogen-bond donors (Lipinski definition) is 0. The summed E-state index contributed by atoms with van der Waals surface area (Å²) in [6, 6.07) is 6.26. The Hall–Kier alpha value is -1.62. The molecule has 0 aromatic rings. The van der Waals surface area contributed by atoms with Crippen molar-refractivity contribution >= 4 is 10.0 Å². The lowest BCUT2D eigenvalue weighted by atomic mass is 10.1. The van der Waals surface area contributed by atoms with Crippen LogP contribution in [0.5, 0.6) is 0 Å². The molecule has 0 saturated heterocycles. The normalized spacial score (nSPS) is 12.2. The van der Waals surface area contributed by atoms with Crippen molar-refractivity contribution in [3.8, 4) is 18.2 Å². The molecule has 28 heavy (non-hydrogen) atoms. The lowest BCUT2D eigenvalue weighted by Crippen LogP contribution is -2.39. The first kappa shape index (κ1) is 26.4. The fourth-order valence-electron chi connectivity index (χ4n) is 3.13. The lowest BCUT2D eigenvalue weighted by Gasteiger charge is -2.24. The molecule has 0 aromatic carbocycles. The van der Waals surface area contributed by atoms with Crippen LogP contribution in [0, 0.1) is 34.0 Å². The molecule has 0 aromatic heterocycles. The Kier molecular flexibility index (Phi) is 16.5. The number of nitrogens with zero attached hydrogens (tertiary/aromatic N) is 4. The molecule has 0 radical (unpaired) electrons. The Labute approximate surface area is 172 Å². The summed E-state index contributed by atoms with van der Waals surface area (Å²) in [6.45, 7) is 2.83. The van der Waals surface area contributed by atoms with Gasteiger partial charge in [0.2, 0.25) is 10.0 Å². The van der Waals surface area contributed by atoms with E-state index in [0.717, 1.165) is 64.2 Å². The maximum atomic E-state index is 12.9. The van der Waals surface area contributed by atoms with Gasteiger partial charge in [-0.2, -0.15) is 15.8 Å². The summed E-state index contributed by atoms with van der Waals surface area (Å²) in [7, 11) is -3.59. The van der Waals surface area contributed by atoms with Crippen molar-refractivity contribution in [2.24, 2.45) is 0 Å². The van der Waals surface area contributed by atoms with E-state index >= 15 is 0 Å². The monoisotopic (exact) mass is 408 g/mol. The average molecular weight is 409 g/mol. The molecule has 0 amide bonds. The van der Waals surface area contributed by atoms with Gasteiger partial charge < -0.3 is 0 Å². The average Bonchev–Trinajstić information content (AvgIpc) is 2.68. The minimum Gasteiger partial charge on any atom is -0.211 e. The zero-order valence-corrected chi connectivity index (χ0v) is 18.2. The molecule has 0 N–H and O–H groups in total. The van der Waals surface area contributed by atoms with Gasteiger partial charge in [0.05, 0.1) is 18.2 Å². The molecule has 0 heterocycles. The van der Waals surface area contributed by atoms with Gasteiger partial charge in [-0.1, -0.05) is 51.9 Å². The second kappa shape index (κ2) is 17.5. The van der Waals surface area contributed by atoms with Crippen molar-refractivity contribution < 1.29 is 8.42 Å². The van der Waals surface area contributed by atoms with Gasteiger partial charge in [-0.15, -0.1) is 0 Å². The van der Waals surface area contributed by atoms with Crippen molar-refractivity contribution in [2.75, 3.05) is 13.1 Å². The van der Waals surface area contributed by atoms with E-state index in [0.29, 0.717) is 38.8 Å². The first-order chi connectivity index (χ1) is 13.5. The van der Waals surface area contributed by atoms with Crippen LogP contribution in [-0.4, -0.2) is 31.1 Å². The summed E-state index contributed by atoms with van der Waals surface area (Å²) in [5.41, 5.74) is 0. The molecule has 1 unspecified atom stereocenters. The maximum absolute atomic E-state index is 12.9. The molecule has 158 valence electrons. The van der Waals surface area contributed by atoms with Crippen molar-refractivity contribution in [2.45, 2.75) is 102 Å². The van der Waals surface area contributed by atoms with Crippen LogP contribution >= 0.6 is 0 Å². The molecule has 0 bridgehead atoms. The maximum Gasteiger partial charge on any atom is 0.230 e. The van der Waals surface area contributed by atoms with Crippen LogP contribution in [0.25, 0.3) is 0 Å². The van der Waals surface area contributed by atoms with Crippen LogP contribution in [0.4, 0.5) is 0 Å². The second-order valence-electron chi connectivity index (χ2n) is 7.20. The summed E-state index contributed by atoms with van der Waals surface area (Å²) in [5, 5.41) is 25.5. The Bertz CT molecular complexity index is 586. The van der Waals surface area contributed by atoms with Crippen molar-refractivity contribution in [1.82, 2.24) is 4.31 Å². The summed E-state index contributed by atoms with van der Waals surface area (Å²) in [6.07, 6.45) is 11.5. The zero-order chi connectivity index (χ0) is 21.1. The Morgan fingerprint density at radius 1 is 0.750 bits per heavy atom. The predicted molar refractivity (Wildman–Crippen MR) is 111 cm³/mol. The van der Waals surface area contributed by atoms with Gasteiger partial charge >= 0.3 is 0 Å². The van der Waals surface area contributed by atoms with Gasteiger partial charge in [-0.05, 0) is 32.1 Å². The molecule has 0 aliphatic carbocycles. The van der Waals surface area contributed by atoms with Crippen LogP contribution in [-0.2, 0) is 10.0 Å². The standard InChI is InChI=1S/C21H36N4O2S/c1-2-15-21(20-24)28(26,27)25(18-13-9-5-3-7-11-16-22)19-14-10-6-4-8-12-17-23/h21H,2-15,18-19H2,1H3. The zero-order valence-electron chi connectivity index (χ0n) is 17.4. The third-order valence-electron chi connectivity index (χ3n) is 4.81. The van der Waals surface area contributed by atoms with E-state index in [4.69, 9.17) is 10.5 Å². The quantitative estimate of drug-likeness (QED) is 0.295. The molecule has 7 heteroatoms. The Balaban J connectivity index is 4.55. The van der Waals surface area contributed by atoms with Gasteiger partial charge in [0.1, 0.15) is 0 Å². The minimum atomic E-state index is -3.59. The largest absolute Gasteiger partial charge is 0.230 e. The number of nitriles is 3. The van der Waals surface area contributed by atoms with Gasteiger partial charge in [0.15, 0.2) is 5.25 Å². The summed E-state index contributed by atoms with van der Waals surface area (Å²) >= 11 is 0. The third kappa shape index (κ3) is 12.0. The number of sulfonamides is 1. The molecule has 6 nitrogen and oxygen atoms in total. The Morgan fingerprint density at radius 2 is 1.18 bits per heavy atom. The first-order valence-corrected chi connectivity index (χ1v) is 12.2. The van der Waals surface area contributed by atoms with Crippen molar-refractivity contribution in [3.63, 3.8) is 0 Å². The fraction of sp³-hybridized carbons (Fsp3) is 0.857. The molecular weight excluding hydrogens is 372 g/mol. The van der Waals surface area contributed by atoms with E-state index < -0.39 is 15.3 Å². The van der Waals surface area contributed by atoms with Crippen LogP contribution in [0.1, 0.15) is 96.8 Å². The predicted octanol–water partition coefficient (Wildman–Crippen LogP) is 5.04. The molecule has 0 aliphatic rings. The Morgan fingerprint density at radius 3 is 1.57 bits per heavy atom. The number of unbranched alkanes of at least 4 members (excludes halogenated alkanes) is 10. The molecule has 0 saturated carbocycles. The molecule has 0 aliphatic heterocycles. The number of rotatable bonds is 18. The second-order valence-corrected chi connectivity index (χ2v) is 9.32. The van der Waals surface area contributed by atoms with E-state index in [-0.39, 0.29) is 0 Å². The van der Waals surface area contributed by atoms with E-state index in [1.807, 2.05) is 13.0 Å². The van der Waals surface area contributed by atoms with E-state index in [2.05, 4.69) is 12.1 Å². The van der Waals surface area contributed by atoms with Crippen LogP contribution < -0.4 is 0 Å². The van der Waals surface area contributed by atoms with E-state index in [1.165, 1.54) is 4.31 Å². The van der Waals surface area contributed by atoms with Gasteiger partial charge in [0.25, 0.3) is 0 Å². The van der Waals surface area contributed by atoms with Crippen LogP contribution in [0.2, 0.25) is 0 Å². The van der Waals surface area contributed by atoms with E-state index in [1.54, 1.807) is 0 Å².